The summed E-state index contributed by atoms with van der Waals surface area (Å²) >= 11 is 1.32. The Balaban J connectivity index is 1.63. The number of ether oxygens (including phenoxy) is 3. The van der Waals surface area contributed by atoms with Crippen molar-refractivity contribution >= 4 is 17.5 Å². The Bertz CT molecular complexity index is 1260. The zero-order chi connectivity index (χ0) is 23.9. The summed E-state index contributed by atoms with van der Waals surface area (Å²) in [6, 6.07) is 16.6. The Morgan fingerprint density at radius 3 is 2.35 bits per heavy atom. The molecule has 0 atom stereocenters. The number of nitrogens with zero attached hydrogens (tertiary/aromatic N) is 4. The van der Waals surface area contributed by atoms with Crippen LogP contribution in [0.15, 0.2) is 72.1 Å². The van der Waals surface area contributed by atoms with Gasteiger partial charge in [0.05, 0.1) is 26.6 Å². The van der Waals surface area contributed by atoms with Gasteiger partial charge in [0.2, 0.25) is 0 Å². The molecule has 0 aliphatic rings. The molecule has 0 amide bonds. The minimum atomic E-state index is -0.0577. The molecule has 174 valence electrons. The molecule has 34 heavy (non-hydrogen) atoms. The Hall–Kier alpha value is -3.85. The number of thioether (sulfide) groups is 1. The zero-order valence-corrected chi connectivity index (χ0v) is 19.9. The van der Waals surface area contributed by atoms with E-state index in [4.69, 9.17) is 14.2 Å². The van der Waals surface area contributed by atoms with Crippen molar-refractivity contribution in [1.82, 2.24) is 19.7 Å². The Morgan fingerprint density at radius 1 is 0.941 bits per heavy atom. The maximum Gasteiger partial charge on any atom is 0.196 e. The molecule has 0 saturated carbocycles. The Labute approximate surface area is 201 Å². The SMILES string of the molecule is CCOc1ccc(-n2c(SCC(=O)c3ccc(OC)c(OC)c3)nnc2-c2ccncc2)cc1. The number of pyridine rings is 1. The first-order valence-electron chi connectivity index (χ1n) is 10.6. The predicted molar refractivity (Wildman–Crippen MR) is 130 cm³/mol. The van der Waals surface area contributed by atoms with Gasteiger partial charge >= 0.3 is 0 Å². The molecule has 0 N–H and O–H groups in total. The summed E-state index contributed by atoms with van der Waals surface area (Å²) in [6.07, 6.45) is 3.42. The highest BCUT2D eigenvalue weighted by atomic mass is 32.2. The van der Waals surface area contributed by atoms with Gasteiger partial charge < -0.3 is 14.2 Å². The number of rotatable bonds is 10. The Kier molecular flexibility index (Phi) is 7.44. The molecule has 8 nitrogen and oxygen atoms in total. The fourth-order valence-corrected chi connectivity index (χ4v) is 4.21. The molecule has 2 aromatic heterocycles. The monoisotopic (exact) mass is 476 g/mol. The summed E-state index contributed by atoms with van der Waals surface area (Å²) in [5.41, 5.74) is 2.27. The number of hydrogen-bond donors (Lipinski definition) is 0. The standard InChI is InChI=1S/C25H24N4O4S/c1-4-33-20-8-6-19(7-9-20)29-24(17-11-13-26-14-12-17)27-28-25(29)34-16-21(30)18-5-10-22(31-2)23(15-18)32-3/h5-15H,4,16H2,1-3H3. The summed E-state index contributed by atoms with van der Waals surface area (Å²) < 4.78 is 18.1. The van der Waals surface area contributed by atoms with E-state index in [2.05, 4.69) is 15.2 Å². The second-order valence-electron chi connectivity index (χ2n) is 7.09. The van der Waals surface area contributed by atoms with Gasteiger partial charge in [-0.05, 0) is 61.5 Å². The van der Waals surface area contributed by atoms with Gasteiger partial charge in [0, 0.05) is 29.2 Å². The second-order valence-corrected chi connectivity index (χ2v) is 8.03. The van der Waals surface area contributed by atoms with Gasteiger partial charge in [-0.25, -0.2) is 0 Å². The van der Waals surface area contributed by atoms with Crippen molar-refractivity contribution in [2.75, 3.05) is 26.6 Å². The lowest BCUT2D eigenvalue weighted by molar-refractivity contribution is 0.102. The van der Waals surface area contributed by atoms with Gasteiger partial charge in [0.15, 0.2) is 28.3 Å². The van der Waals surface area contributed by atoms with E-state index in [9.17, 15) is 4.79 Å². The van der Waals surface area contributed by atoms with Crippen LogP contribution in [-0.4, -0.2) is 52.1 Å². The number of ketones is 1. The summed E-state index contributed by atoms with van der Waals surface area (Å²) in [5, 5.41) is 9.39. The third kappa shape index (κ3) is 5.04. The third-order valence-corrected chi connectivity index (χ3v) is 5.94. The van der Waals surface area contributed by atoms with E-state index in [0.717, 1.165) is 17.0 Å². The maximum absolute atomic E-state index is 12.9. The third-order valence-electron chi connectivity index (χ3n) is 5.02. The van der Waals surface area contributed by atoms with Crippen molar-refractivity contribution in [3.05, 3.63) is 72.6 Å². The number of aromatic nitrogens is 4. The summed E-state index contributed by atoms with van der Waals surface area (Å²) in [4.78, 5) is 17.0. The highest BCUT2D eigenvalue weighted by Crippen LogP contribution is 2.31. The van der Waals surface area contributed by atoms with Gasteiger partial charge in [0.1, 0.15) is 5.75 Å². The molecule has 0 radical (unpaired) electrons. The fraction of sp³-hybridized carbons (Fsp3) is 0.200. The lowest BCUT2D eigenvalue weighted by Crippen LogP contribution is -2.06. The number of benzene rings is 2. The number of carbonyl (C=O) groups excluding carboxylic acids is 1. The van der Waals surface area contributed by atoms with Gasteiger partial charge in [-0.1, -0.05) is 11.8 Å². The molecule has 2 heterocycles. The zero-order valence-electron chi connectivity index (χ0n) is 19.1. The molecule has 4 rings (SSSR count). The summed E-state index contributed by atoms with van der Waals surface area (Å²) in [7, 11) is 3.10. The molecule has 0 fully saturated rings. The van der Waals surface area contributed by atoms with Crippen LogP contribution in [0.25, 0.3) is 17.1 Å². The van der Waals surface area contributed by atoms with E-state index in [-0.39, 0.29) is 11.5 Å². The molecule has 0 unspecified atom stereocenters. The van der Waals surface area contributed by atoms with E-state index >= 15 is 0 Å². The van der Waals surface area contributed by atoms with E-state index in [1.165, 1.54) is 11.8 Å². The minimum absolute atomic E-state index is 0.0577. The van der Waals surface area contributed by atoms with Gasteiger partial charge in [-0.15, -0.1) is 10.2 Å². The van der Waals surface area contributed by atoms with Crippen molar-refractivity contribution in [3.63, 3.8) is 0 Å². The molecular formula is C25H24N4O4S. The van der Waals surface area contributed by atoms with Crippen LogP contribution in [0.5, 0.6) is 17.2 Å². The topological polar surface area (TPSA) is 88.4 Å². The quantitative estimate of drug-likeness (QED) is 0.240. The van der Waals surface area contributed by atoms with E-state index in [1.54, 1.807) is 44.8 Å². The van der Waals surface area contributed by atoms with Crippen LogP contribution in [0.2, 0.25) is 0 Å². The molecule has 4 aromatic rings. The number of hydrogen-bond acceptors (Lipinski definition) is 8. The molecule has 0 bridgehead atoms. The average molecular weight is 477 g/mol. The summed E-state index contributed by atoms with van der Waals surface area (Å²) in [6.45, 7) is 2.53. The molecule has 9 heteroatoms. The molecule has 2 aromatic carbocycles. The molecule has 0 saturated heterocycles. The van der Waals surface area contributed by atoms with Crippen molar-refractivity contribution in [2.24, 2.45) is 0 Å². The van der Waals surface area contributed by atoms with Crippen molar-refractivity contribution < 1.29 is 19.0 Å². The maximum atomic E-state index is 12.9. The normalized spacial score (nSPS) is 10.7. The van der Waals surface area contributed by atoms with E-state index < -0.39 is 0 Å². The minimum Gasteiger partial charge on any atom is -0.494 e. The van der Waals surface area contributed by atoms with Crippen LogP contribution in [0, 0.1) is 0 Å². The van der Waals surface area contributed by atoms with Gasteiger partial charge in [-0.2, -0.15) is 0 Å². The first-order valence-corrected chi connectivity index (χ1v) is 11.6. The number of carbonyl (C=O) groups is 1. The van der Waals surface area contributed by atoms with E-state index in [0.29, 0.717) is 34.7 Å². The predicted octanol–water partition coefficient (Wildman–Crippen LogP) is 4.72. The number of Topliss-reactive ketones (excluding diaryl/α,β-unsaturated/α-hetero) is 1. The highest BCUT2D eigenvalue weighted by Gasteiger charge is 2.18. The molecule has 0 spiro atoms. The molecule has 0 aliphatic heterocycles. The van der Waals surface area contributed by atoms with Crippen LogP contribution in [0.3, 0.4) is 0 Å². The van der Waals surface area contributed by atoms with Crippen LogP contribution in [-0.2, 0) is 0 Å². The van der Waals surface area contributed by atoms with Crippen LogP contribution in [0.1, 0.15) is 17.3 Å². The van der Waals surface area contributed by atoms with Gasteiger partial charge in [-0.3, -0.25) is 14.3 Å². The largest absolute Gasteiger partial charge is 0.494 e. The molecular weight excluding hydrogens is 452 g/mol. The second kappa shape index (κ2) is 10.8. The van der Waals surface area contributed by atoms with Crippen molar-refractivity contribution in [2.45, 2.75) is 12.1 Å². The average Bonchev–Trinajstić information content (AvgIpc) is 3.32. The van der Waals surface area contributed by atoms with Crippen LogP contribution in [0.4, 0.5) is 0 Å². The van der Waals surface area contributed by atoms with Crippen molar-refractivity contribution in [1.29, 1.82) is 0 Å². The first kappa shape index (κ1) is 23.3. The van der Waals surface area contributed by atoms with Crippen LogP contribution >= 0.6 is 11.8 Å². The van der Waals surface area contributed by atoms with E-state index in [1.807, 2.05) is 47.9 Å². The number of methoxy groups -OCH3 is 2. The first-order chi connectivity index (χ1) is 16.6. The lowest BCUT2D eigenvalue weighted by Gasteiger charge is -2.12. The van der Waals surface area contributed by atoms with Gasteiger partial charge in [0.25, 0.3) is 0 Å². The molecule has 0 aliphatic carbocycles. The smallest absolute Gasteiger partial charge is 0.196 e. The Morgan fingerprint density at radius 2 is 1.68 bits per heavy atom. The van der Waals surface area contributed by atoms with Crippen molar-refractivity contribution in [3.8, 4) is 34.3 Å². The lowest BCUT2D eigenvalue weighted by atomic mass is 10.1. The summed E-state index contributed by atoms with van der Waals surface area (Å²) in [5.74, 6) is 2.65. The van der Waals surface area contributed by atoms with Crippen LogP contribution < -0.4 is 14.2 Å². The fourth-order valence-electron chi connectivity index (χ4n) is 3.37. The highest BCUT2D eigenvalue weighted by molar-refractivity contribution is 7.99.